The molecule has 1 heteroatoms. The molecule has 84 valence electrons. The molecule has 0 aromatic heterocycles. The highest BCUT2D eigenvalue weighted by molar-refractivity contribution is 4.81. The van der Waals surface area contributed by atoms with E-state index in [0.717, 1.165) is 24.2 Å². The third-order valence-electron chi connectivity index (χ3n) is 3.91. The molecule has 1 saturated carbocycles. The first-order valence-corrected chi connectivity index (χ1v) is 6.22. The average molecular weight is 198 g/mol. The van der Waals surface area contributed by atoms with Crippen LogP contribution in [-0.4, -0.2) is 11.2 Å². The predicted molar refractivity (Wildman–Crippen MR) is 61.1 cm³/mol. The molecular weight excluding hydrogens is 172 g/mol. The minimum absolute atomic E-state index is 0.123. The molecule has 1 aliphatic carbocycles. The fourth-order valence-corrected chi connectivity index (χ4v) is 3.43. The molecule has 1 fully saturated rings. The van der Waals surface area contributed by atoms with Gasteiger partial charge >= 0.3 is 0 Å². The van der Waals surface area contributed by atoms with Crippen LogP contribution >= 0.6 is 0 Å². The molecule has 0 spiro atoms. The number of rotatable bonds is 3. The summed E-state index contributed by atoms with van der Waals surface area (Å²) in [4.78, 5) is 0. The highest BCUT2D eigenvalue weighted by atomic mass is 16.3. The Kier molecular flexibility index (Phi) is 4.43. The highest BCUT2D eigenvalue weighted by Crippen LogP contribution is 2.39. The van der Waals surface area contributed by atoms with Gasteiger partial charge in [0.25, 0.3) is 0 Å². The molecule has 4 unspecified atom stereocenters. The van der Waals surface area contributed by atoms with E-state index < -0.39 is 0 Å². The third-order valence-corrected chi connectivity index (χ3v) is 3.91. The van der Waals surface area contributed by atoms with Gasteiger partial charge in [-0.25, -0.2) is 0 Å². The van der Waals surface area contributed by atoms with Gasteiger partial charge in [-0.1, -0.05) is 27.2 Å². The topological polar surface area (TPSA) is 20.2 Å². The zero-order chi connectivity index (χ0) is 10.7. The standard InChI is InChI=1S/C13H26O/c1-5-13(11(4)14)12-7-9(2)6-10(3)8-12/h9-14H,5-8H2,1-4H3. The second-order valence-corrected chi connectivity index (χ2v) is 5.49. The molecule has 0 bridgehead atoms. The fourth-order valence-electron chi connectivity index (χ4n) is 3.43. The van der Waals surface area contributed by atoms with Crippen molar-refractivity contribution in [1.29, 1.82) is 0 Å². The van der Waals surface area contributed by atoms with Gasteiger partial charge in [-0.05, 0) is 49.9 Å². The Morgan fingerprint density at radius 2 is 1.64 bits per heavy atom. The maximum Gasteiger partial charge on any atom is 0.0542 e. The molecule has 1 N–H and O–H groups in total. The minimum atomic E-state index is -0.123. The maximum absolute atomic E-state index is 9.74. The number of hydrogen-bond donors (Lipinski definition) is 1. The zero-order valence-corrected chi connectivity index (χ0v) is 10.2. The van der Waals surface area contributed by atoms with Crippen molar-refractivity contribution in [3.05, 3.63) is 0 Å². The monoisotopic (exact) mass is 198 g/mol. The maximum atomic E-state index is 9.74. The number of hydrogen-bond acceptors (Lipinski definition) is 1. The largest absolute Gasteiger partial charge is 0.393 e. The Balaban J connectivity index is 2.56. The molecule has 0 radical (unpaired) electrons. The quantitative estimate of drug-likeness (QED) is 0.736. The second-order valence-electron chi connectivity index (χ2n) is 5.49. The lowest BCUT2D eigenvalue weighted by atomic mass is 9.69. The Hall–Kier alpha value is -0.0400. The highest BCUT2D eigenvalue weighted by Gasteiger charge is 2.31. The van der Waals surface area contributed by atoms with Gasteiger partial charge in [0.2, 0.25) is 0 Å². The van der Waals surface area contributed by atoms with Crippen molar-refractivity contribution >= 4 is 0 Å². The predicted octanol–water partition coefficient (Wildman–Crippen LogP) is 3.47. The van der Waals surface area contributed by atoms with E-state index >= 15 is 0 Å². The van der Waals surface area contributed by atoms with E-state index in [4.69, 9.17) is 0 Å². The summed E-state index contributed by atoms with van der Waals surface area (Å²) in [6.07, 6.45) is 5.04. The first kappa shape index (κ1) is 12.0. The van der Waals surface area contributed by atoms with Gasteiger partial charge in [-0.15, -0.1) is 0 Å². The van der Waals surface area contributed by atoms with E-state index in [2.05, 4.69) is 20.8 Å². The summed E-state index contributed by atoms with van der Waals surface area (Å²) in [5.74, 6) is 3.01. The Bertz CT molecular complexity index is 155. The minimum Gasteiger partial charge on any atom is -0.393 e. The molecule has 1 aliphatic rings. The van der Waals surface area contributed by atoms with Crippen LogP contribution in [0, 0.1) is 23.7 Å². The molecule has 0 aromatic rings. The van der Waals surface area contributed by atoms with Crippen molar-refractivity contribution in [2.75, 3.05) is 0 Å². The lowest BCUT2D eigenvalue weighted by Crippen LogP contribution is -2.31. The molecule has 0 saturated heterocycles. The van der Waals surface area contributed by atoms with Gasteiger partial charge in [0, 0.05) is 0 Å². The summed E-state index contributed by atoms with van der Waals surface area (Å²) in [5, 5.41) is 9.74. The summed E-state index contributed by atoms with van der Waals surface area (Å²) < 4.78 is 0. The number of aliphatic hydroxyl groups is 1. The van der Waals surface area contributed by atoms with E-state index in [1.54, 1.807) is 0 Å². The van der Waals surface area contributed by atoms with E-state index in [1.165, 1.54) is 19.3 Å². The van der Waals surface area contributed by atoms with E-state index in [1.807, 2.05) is 6.92 Å². The Morgan fingerprint density at radius 3 is 2.00 bits per heavy atom. The summed E-state index contributed by atoms with van der Waals surface area (Å²) in [7, 11) is 0. The molecule has 1 nitrogen and oxygen atoms in total. The molecular formula is C13H26O. The van der Waals surface area contributed by atoms with Gasteiger partial charge in [0.15, 0.2) is 0 Å². The van der Waals surface area contributed by atoms with E-state index in [0.29, 0.717) is 5.92 Å². The van der Waals surface area contributed by atoms with Crippen molar-refractivity contribution in [2.45, 2.75) is 59.5 Å². The Labute approximate surface area is 88.9 Å². The van der Waals surface area contributed by atoms with Gasteiger partial charge in [-0.3, -0.25) is 0 Å². The van der Waals surface area contributed by atoms with Crippen molar-refractivity contribution in [2.24, 2.45) is 23.7 Å². The second kappa shape index (κ2) is 5.16. The molecule has 4 atom stereocenters. The first-order chi connectivity index (χ1) is 6.54. The van der Waals surface area contributed by atoms with Gasteiger partial charge < -0.3 is 5.11 Å². The number of aliphatic hydroxyl groups excluding tert-OH is 1. The normalized spacial score (nSPS) is 37.9. The average Bonchev–Trinajstić information content (AvgIpc) is 2.02. The fraction of sp³-hybridized carbons (Fsp3) is 1.00. The van der Waals surface area contributed by atoms with Gasteiger partial charge in [-0.2, -0.15) is 0 Å². The summed E-state index contributed by atoms with van der Waals surface area (Å²) in [5.41, 5.74) is 0. The first-order valence-electron chi connectivity index (χ1n) is 6.22. The molecule has 0 heterocycles. The van der Waals surface area contributed by atoms with Gasteiger partial charge in [0.1, 0.15) is 0 Å². The zero-order valence-electron chi connectivity index (χ0n) is 10.2. The molecule has 0 aliphatic heterocycles. The third kappa shape index (κ3) is 2.98. The van der Waals surface area contributed by atoms with Crippen LogP contribution in [0.1, 0.15) is 53.4 Å². The molecule has 14 heavy (non-hydrogen) atoms. The Morgan fingerprint density at radius 1 is 1.14 bits per heavy atom. The summed E-state index contributed by atoms with van der Waals surface area (Å²) in [6, 6.07) is 0. The molecule has 0 aromatic carbocycles. The van der Waals surface area contributed by atoms with Crippen LogP contribution in [0.4, 0.5) is 0 Å². The van der Waals surface area contributed by atoms with Crippen molar-refractivity contribution in [3.8, 4) is 0 Å². The van der Waals surface area contributed by atoms with E-state index in [9.17, 15) is 5.11 Å². The lowest BCUT2D eigenvalue weighted by molar-refractivity contribution is 0.0492. The smallest absolute Gasteiger partial charge is 0.0542 e. The molecule has 0 amide bonds. The van der Waals surface area contributed by atoms with Crippen molar-refractivity contribution in [1.82, 2.24) is 0 Å². The van der Waals surface area contributed by atoms with Crippen LogP contribution in [0.3, 0.4) is 0 Å². The summed E-state index contributed by atoms with van der Waals surface area (Å²) in [6.45, 7) is 8.88. The lowest BCUT2D eigenvalue weighted by Gasteiger charge is -2.37. The van der Waals surface area contributed by atoms with E-state index in [-0.39, 0.29) is 6.10 Å². The van der Waals surface area contributed by atoms with Crippen LogP contribution in [0.15, 0.2) is 0 Å². The van der Waals surface area contributed by atoms with Crippen LogP contribution in [-0.2, 0) is 0 Å². The van der Waals surface area contributed by atoms with Crippen LogP contribution in [0.2, 0.25) is 0 Å². The van der Waals surface area contributed by atoms with Crippen molar-refractivity contribution < 1.29 is 5.11 Å². The SMILES string of the molecule is CCC(C(C)O)C1CC(C)CC(C)C1. The van der Waals surface area contributed by atoms with Crippen LogP contribution in [0.5, 0.6) is 0 Å². The summed E-state index contributed by atoms with van der Waals surface area (Å²) >= 11 is 0. The van der Waals surface area contributed by atoms with Crippen LogP contribution < -0.4 is 0 Å². The van der Waals surface area contributed by atoms with Crippen molar-refractivity contribution in [3.63, 3.8) is 0 Å². The molecule has 1 rings (SSSR count). The van der Waals surface area contributed by atoms with Gasteiger partial charge in [0.05, 0.1) is 6.10 Å². The van der Waals surface area contributed by atoms with Crippen LogP contribution in [0.25, 0.3) is 0 Å².